The third-order valence-electron chi connectivity index (χ3n) is 4.40. The predicted molar refractivity (Wildman–Crippen MR) is 63.8 cm³/mol. The summed E-state index contributed by atoms with van der Waals surface area (Å²) in [6.45, 7) is 5.58. The fourth-order valence-electron chi connectivity index (χ4n) is 3.47. The molecule has 2 atom stereocenters. The molecule has 2 aliphatic rings. The molecule has 0 bridgehead atoms. The maximum atomic E-state index is 5.92. The van der Waals surface area contributed by atoms with Crippen LogP contribution in [0.5, 0.6) is 0 Å². The lowest BCUT2D eigenvalue weighted by atomic mass is 9.67. The topological polar surface area (TPSA) is 41.6 Å². The fraction of sp³-hybridized carbons (Fsp3) is 0.917. The summed E-state index contributed by atoms with van der Waals surface area (Å²) in [4.78, 5) is 6.69. The Morgan fingerprint density at radius 3 is 2.73 bits per heavy atom. The highest BCUT2D eigenvalue weighted by Gasteiger charge is 2.48. The van der Waals surface area contributed by atoms with Gasteiger partial charge in [-0.1, -0.05) is 26.7 Å². The molecule has 15 heavy (non-hydrogen) atoms. The van der Waals surface area contributed by atoms with Gasteiger partial charge in [-0.2, -0.15) is 0 Å². The van der Waals surface area contributed by atoms with Crippen molar-refractivity contribution >= 4 is 5.96 Å². The second kappa shape index (κ2) is 3.69. The van der Waals surface area contributed by atoms with E-state index < -0.39 is 0 Å². The Kier molecular flexibility index (Phi) is 2.65. The SMILES string of the molecule is CC(C)C1CCCCC12CN=C(N)N2C. The average Bonchev–Trinajstić information content (AvgIpc) is 2.48. The number of likely N-dealkylation sites (N-methyl/N-ethyl adjacent to an activating group) is 1. The van der Waals surface area contributed by atoms with Gasteiger partial charge in [-0.25, -0.2) is 0 Å². The molecule has 0 saturated heterocycles. The molecule has 2 rings (SSSR count). The summed E-state index contributed by atoms with van der Waals surface area (Å²) in [5.74, 6) is 2.22. The molecular formula is C12H23N3. The van der Waals surface area contributed by atoms with E-state index in [1.165, 1.54) is 25.7 Å². The molecule has 0 aromatic heterocycles. The average molecular weight is 209 g/mol. The Hall–Kier alpha value is -0.730. The van der Waals surface area contributed by atoms with Crippen LogP contribution in [0.2, 0.25) is 0 Å². The molecule has 3 heteroatoms. The maximum Gasteiger partial charge on any atom is 0.191 e. The summed E-state index contributed by atoms with van der Waals surface area (Å²) in [6.07, 6.45) is 5.30. The summed E-state index contributed by atoms with van der Waals surface area (Å²) in [5.41, 5.74) is 6.17. The zero-order valence-corrected chi connectivity index (χ0v) is 10.2. The van der Waals surface area contributed by atoms with E-state index in [2.05, 4.69) is 30.8 Å². The zero-order valence-electron chi connectivity index (χ0n) is 10.2. The van der Waals surface area contributed by atoms with Gasteiger partial charge in [0.15, 0.2) is 5.96 Å². The van der Waals surface area contributed by atoms with E-state index in [9.17, 15) is 0 Å². The van der Waals surface area contributed by atoms with Crippen molar-refractivity contribution in [3.8, 4) is 0 Å². The van der Waals surface area contributed by atoms with Gasteiger partial charge in [0.1, 0.15) is 0 Å². The minimum Gasteiger partial charge on any atom is -0.370 e. The van der Waals surface area contributed by atoms with Crippen LogP contribution in [0.15, 0.2) is 4.99 Å². The molecule has 2 unspecified atom stereocenters. The fourth-order valence-corrected chi connectivity index (χ4v) is 3.47. The Bertz CT molecular complexity index is 272. The standard InChI is InChI=1S/C12H23N3/c1-9(2)10-6-4-5-7-12(10)8-14-11(13)15(12)3/h9-10H,4-8H2,1-3H3,(H2,13,14). The lowest BCUT2D eigenvalue weighted by Gasteiger charge is -2.48. The zero-order chi connectivity index (χ0) is 11.1. The molecule has 1 aliphatic heterocycles. The van der Waals surface area contributed by atoms with Gasteiger partial charge >= 0.3 is 0 Å². The lowest BCUT2D eigenvalue weighted by molar-refractivity contribution is 0.0593. The van der Waals surface area contributed by atoms with Crippen LogP contribution < -0.4 is 5.73 Å². The highest BCUT2D eigenvalue weighted by atomic mass is 15.3. The molecular weight excluding hydrogens is 186 g/mol. The van der Waals surface area contributed by atoms with Gasteiger partial charge in [0.2, 0.25) is 0 Å². The largest absolute Gasteiger partial charge is 0.370 e. The van der Waals surface area contributed by atoms with Crippen LogP contribution in [0.1, 0.15) is 39.5 Å². The highest BCUT2D eigenvalue weighted by Crippen LogP contribution is 2.43. The number of nitrogens with two attached hydrogens (primary N) is 1. The van der Waals surface area contributed by atoms with Crippen LogP contribution >= 0.6 is 0 Å². The molecule has 0 radical (unpaired) electrons. The number of hydrogen-bond acceptors (Lipinski definition) is 3. The van der Waals surface area contributed by atoms with Crippen molar-refractivity contribution in [2.24, 2.45) is 22.6 Å². The molecule has 1 saturated carbocycles. The van der Waals surface area contributed by atoms with Gasteiger partial charge in [-0.05, 0) is 24.7 Å². The number of guanidine groups is 1. The summed E-state index contributed by atoms with van der Waals surface area (Å²) >= 11 is 0. The van der Waals surface area contributed by atoms with Gasteiger partial charge in [0.25, 0.3) is 0 Å². The van der Waals surface area contributed by atoms with Gasteiger partial charge in [-0.15, -0.1) is 0 Å². The van der Waals surface area contributed by atoms with Crippen LogP contribution in [0.4, 0.5) is 0 Å². The number of hydrogen-bond donors (Lipinski definition) is 1. The van der Waals surface area contributed by atoms with E-state index in [1.54, 1.807) is 0 Å². The van der Waals surface area contributed by atoms with Crippen molar-refractivity contribution < 1.29 is 0 Å². The summed E-state index contributed by atoms with van der Waals surface area (Å²) in [7, 11) is 2.12. The van der Waals surface area contributed by atoms with Crippen LogP contribution in [-0.2, 0) is 0 Å². The smallest absolute Gasteiger partial charge is 0.191 e. The van der Waals surface area contributed by atoms with Crippen LogP contribution in [0.3, 0.4) is 0 Å². The molecule has 0 amide bonds. The van der Waals surface area contributed by atoms with Crippen molar-refractivity contribution in [2.75, 3.05) is 13.6 Å². The maximum absolute atomic E-state index is 5.92. The van der Waals surface area contributed by atoms with E-state index in [-0.39, 0.29) is 5.54 Å². The Morgan fingerprint density at radius 1 is 1.47 bits per heavy atom. The quantitative estimate of drug-likeness (QED) is 0.716. The van der Waals surface area contributed by atoms with E-state index in [1.807, 2.05) is 0 Å². The molecule has 86 valence electrons. The van der Waals surface area contributed by atoms with Crippen LogP contribution in [-0.4, -0.2) is 30.0 Å². The summed E-state index contributed by atoms with van der Waals surface area (Å²) in [6, 6.07) is 0. The van der Waals surface area contributed by atoms with E-state index >= 15 is 0 Å². The number of nitrogens with zero attached hydrogens (tertiary/aromatic N) is 2. The summed E-state index contributed by atoms with van der Waals surface area (Å²) in [5, 5.41) is 0. The van der Waals surface area contributed by atoms with Gasteiger partial charge in [0.05, 0.1) is 12.1 Å². The first-order chi connectivity index (χ1) is 7.08. The molecule has 1 heterocycles. The van der Waals surface area contributed by atoms with Gasteiger partial charge < -0.3 is 10.6 Å². The van der Waals surface area contributed by atoms with E-state index in [0.717, 1.165) is 24.3 Å². The minimum absolute atomic E-state index is 0.247. The predicted octanol–water partition coefficient (Wildman–Crippen LogP) is 1.83. The first-order valence-electron chi connectivity index (χ1n) is 6.12. The first kappa shape index (κ1) is 10.8. The van der Waals surface area contributed by atoms with Gasteiger partial charge in [-0.3, -0.25) is 4.99 Å². The molecule has 2 N–H and O–H groups in total. The second-order valence-electron chi connectivity index (χ2n) is 5.43. The third-order valence-corrected chi connectivity index (χ3v) is 4.40. The molecule has 0 aromatic rings. The Balaban J connectivity index is 2.24. The monoisotopic (exact) mass is 209 g/mol. The van der Waals surface area contributed by atoms with Crippen LogP contribution in [0, 0.1) is 11.8 Å². The number of rotatable bonds is 1. The van der Waals surface area contributed by atoms with Crippen molar-refractivity contribution in [3.05, 3.63) is 0 Å². The van der Waals surface area contributed by atoms with Crippen molar-refractivity contribution in [1.82, 2.24) is 4.90 Å². The molecule has 3 nitrogen and oxygen atoms in total. The lowest BCUT2D eigenvalue weighted by Crippen LogP contribution is -2.56. The molecule has 1 fully saturated rings. The molecule has 0 aromatic carbocycles. The van der Waals surface area contributed by atoms with Crippen molar-refractivity contribution in [2.45, 2.75) is 45.1 Å². The minimum atomic E-state index is 0.247. The Morgan fingerprint density at radius 2 is 2.20 bits per heavy atom. The molecule has 1 spiro atoms. The van der Waals surface area contributed by atoms with Gasteiger partial charge in [0, 0.05) is 7.05 Å². The normalized spacial score (nSPS) is 36.4. The van der Waals surface area contributed by atoms with Crippen molar-refractivity contribution in [1.29, 1.82) is 0 Å². The molecule has 1 aliphatic carbocycles. The first-order valence-corrected chi connectivity index (χ1v) is 6.12. The van der Waals surface area contributed by atoms with E-state index in [0.29, 0.717) is 0 Å². The highest BCUT2D eigenvalue weighted by molar-refractivity contribution is 5.80. The Labute approximate surface area is 92.7 Å². The van der Waals surface area contributed by atoms with Crippen molar-refractivity contribution in [3.63, 3.8) is 0 Å². The van der Waals surface area contributed by atoms with Crippen LogP contribution in [0.25, 0.3) is 0 Å². The summed E-state index contributed by atoms with van der Waals surface area (Å²) < 4.78 is 0. The second-order valence-corrected chi connectivity index (χ2v) is 5.43. The third kappa shape index (κ3) is 1.52. The number of aliphatic imine (C=N–C) groups is 1. The van der Waals surface area contributed by atoms with E-state index in [4.69, 9.17) is 5.73 Å².